The highest BCUT2D eigenvalue weighted by molar-refractivity contribution is 6.02. The minimum absolute atomic E-state index is 0.138. The van der Waals surface area contributed by atoms with Gasteiger partial charge in [0.25, 0.3) is 11.5 Å². The van der Waals surface area contributed by atoms with Crippen LogP contribution in [0.2, 0.25) is 0 Å². The average molecular weight is 289 g/mol. The van der Waals surface area contributed by atoms with Gasteiger partial charge in [-0.3, -0.25) is 9.59 Å². The van der Waals surface area contributed by atoms with E-state index < -0.39 is 5.91 Å². The van der Waals surface area contributed by atoms with Crippen molar-refractivity contribution in [2.24, 2.45) is 7.05 Å². The Morgan fingerprint density at radius 1 is 1.14 bits per heavy atom. The van der Waals surface area contributed by atoms with Crippen LogP contribution in [0.5, 0.6) is 11.5 Å². The second-order valence-corrected chi connectivity index (χ2v) is 4.24. The Morgan fingerprint density at radius 3 is 2.29 bits per heavy atom. The maximum Gasteiger partial charge on any atom is 0.276 e. The van der Waals surface area contributed by atoms with Crippen molar-refractivity contribution in [3.8, 4) is 11.5 Å². The molecule has 1 amide bonds. The molecule has 2 rings (SSSR count). The molecule has 0 atom stereocenters. The van der Waals surface area contributed by atoms with Gasteiger partial charge in [-0.1, -0.05) is 0 Å². The van der Waals surface area contributed by atoms with Gasteiger partial charge >= 0.3 is 0 Å². The zero-order valence-corrected chi connectivity index (χ0v) is 11.9. The Labute approximate surface area is 121 Å². The van der Waals surface area contributed by atoms with E-state index >= 15 is 0 Å². The molecule has 0 unspecified atom stereocenters. The van der Waals surface area contributed by atoms with Gasteiger partial charge in [-0.15, -0.1) is 0 Å². The predicted octanol–water partition coefficient (Wildman–Crippen LogP) is 1.05. The first kappa shape index (κ1) is 14.6. The van der Waals surface area contributed by atoms with E-state index in [1.54, 1.807) is 18.2 Å². The van der Waals surface area contributed by atoms with Crippen LogP contribution in [0.25, 0.3) is 0 Å². The van der Waals surface area contributed by atoms with Crippen molar-refractivity contribution >= 4 is 11.6 Å². The van der Waals surface area contributed by atoms with Crippen LogP contribution in [0.3, 0.4) is 0 Å². The number of nitrogens with one attached hydrogen (secondary N) is 1. The maximum atomic E-state index is 12.1. The monoisotopic (exact) mass is 289 g/mol. The maximum absolute atomic E-state index is 12.1. The Hall–Kier alpha value is -2.83. The molecule has 1 aromatic carbocycles. The lowest BCUT2D eigenvalue weighted by molar-refractivity contribution is 0.102. The van der Waals surface area contributed by atoms with Crippen molar-refractivity contribution < 1.29 is 14.3 Å². The summed E-state index contributed by atoms with van der Waals surface area (Å²) in [5.74, 6) is 0.678. The standard InChI is InChI=1S/C14H15N3O4/c1-17-13(18)5-4-12(16-17)14(19)15-9-6-10(20-2)8-11(7-9)21-3/h4-8H,1-3H3,(H,15,19). The number of aryl methyl sites for hydroxylation is 1. The van der Waals surface area contributed by atoms with Gasteiger partial charge in [0.05, 0.1) is 14.2 Å². The molecule has 110 valence electrons. The van der Waals surface area contributed by atoms with Gasteiger partial charge in [-0.2, -0.15) is 5.10 Å². The van der Waals surface area contributed by atoms with Crippen molar-refractivity contribution in [2.75, 3.05) is 19.5 Å². The summed E-state index contributed by atoms with van der Waals surface area (Å²) < 4.78 is 11.4. The third kappa shape index (κ3) is 3.38. The molecular weight excluding hydrogens is 274 g/mol. The number of hydrogen-bond donors (Lipinski definition) is 1. The van der Waals surface area contributed by atoms with Gasteiger partial charge in [0.1, 0.15) is 17.2 Å². The summed E-state index contributed by atoms with van der Waals surface area (Å²) >= 11 is 0. The Balaban J connectivity index is 2.26. The molecule has 0 radical (unpaired) electrons. The van der Waals surface area contributed by atoms with Crippen LogP contribution in [0.15, 0.2) is 35.1 Å². The van der Waals surface area contributed by atoms with E-state index in [0.717, 1.165) is 4.68 Å². The molecule has 7 nitrogen and oxygen atoms in total. The third-order valence-electron chi connectivity index (χ3n) is 2.80. The van der Waals surface area contributed by atoms with E-state index in [2.05, 4.69) is 10.4 Å². The smallest absolute Gasteiger partial charge is 0.276 e. The quantitative estimate of drug-likeness (QED) is 0.909. The Morgan fingerprint density at radius 2 is 1.76 bits per heavy atom. The predicted molar refractivity (Wildman–Crippen MR) is 77.0 cm³/mol. The number of carbonyl (C=O) groups excluding carboxylic acids is 1. The second-order valence-electron chi connectivity index (χ2n) is 4.24. The molecule has 7 heteroatoms. The zero-order chi connectivity index (χ0) is 15.4. The average Bonchev–Trinajstić information content (AvgIpc) is 2.49. The number of anilines is 1. The fourth-order valence-corrected chi connectivity index (χ4v) is 1.70. The van der Waals surface area contributed by atoms with Gasteiger partial charge in [0.2, 0.25) is 0 Å². The number of benzene rings is 1. The van der Waals surface area contributed by atoms with Crippen LogP contribution in [-0.4, -0.2) is 29.9 Å². The summed E-state index contributed by atoms with van der Waals surface area (Å²) in [5.41, 5.74) is 0.361. The molecule has 0 aliphatic rings. The fraction of sp³-hybridized carbons (Fsp3) is 0.214. The van der Waals surface area contributed by atoms with Crippen molar-refractivity contribution in [3.63, 3.8) is 0 Å². The molecule has 0 saturated heterocycles. The molecule has 0 spiro atoms. The lowest BCUT2D eigenvalue weighted by Gasteiger charge is -2.09. The van der Waals surface area contributed by atoms with E-state index in [9.17, 15) is 9.59 Å². The van der Waals surface area contributed by atoms with Crippen LogP contribution in [0.1, 0.15) is 10.5 Å². The summed E-state index contributed by atoms with van der Waals surface area (Å²) in [4.78, 5) is 23.4. The molecule has 1 N–H and O–H groups in total. The minimum atomic E-state index is -0.430. The topological polar surface area (TPSA) is 82.5 Å². The lowest BCUT2D eigenvalue weighted by atomic mass is 10.2. The summed E-state index contributed by atoms with van der Waals surface area (Å²) in [6.07, 6.45) is 0. The highest BCUT2D eigenvalue weighted by Gasteiger charge is 2.10. The molecular formula is C14H15N3O4. The zero-order valence-electron chi connectivity index (χ0n) is 11.9. The van der Waals surface area contributed by atoms with Crippen LogP contribution in [0, 0.1) is 0 Å². The lowest BCUT2D eigenvalue weighted by Crippen LogP contribution is -2.23. The number of carbonyl (C=O) groups is 1. The van der Waals surface area contributed by atoms with Crippen LogP contribution in [-0.2, 0) is 7.05 Å². The molecule has 0 fully saturated rings. The van der Waals surface area contributed by atoms with E-state index in [0.29, 0.717) is 17.2 Å². The SMILES string of the molecule is COc1cc(NC(=O)c2ccc(=O)n(C)n2)cc(OC)c1. The Kier molecular flexibility index (Phi) is 4.22. The summed E-state index contributed by atoms with van der Waals surface area (Å²) in [6, 6.07) is 7.66. The number of hydrogen-bond acceptors (Lipinski definition) is 5. The first-order valence-corrected chi connectivity index (χ1v) is 6.12. The molecule has 1 heterocycles. The van der Waals surface area contributed by atoms with Crippen LogP contribution in [0.4, 0.5) is 5.69 Å². The van der Waals surface area contributed by atoms with Gasteiger partial charge in [-0.25, -0.2) is 4.68 Å². The van der Waals surface area contributed by atoms with Gasteiger partial charge in [0.15, 0.2) is 0 Å². The van der Waals surface area contributed by atoms with Crippen LogP contribution < -0.4 is 20.3 Å². The van der Waals surface area contributed by atoms with E-state index in [-0.39, 0.29) is 11.3 Å². The van der Waals surface area contributed by atoms with Gasteiger partial charge in [-0.05, 0) is 6.07 Å². The van der Waals surface area contributed by atoms with Crippen LogP contribution >= 0.6 is 0 Å². The number of methoxy groups -OCH3 is 2. The number of rotatable bonds is 4. The molecule has 1 aromatic heterocycles. The number of aromatic nitrogens is 2. The summed E-state index contributed by atoms with van der Waals surface area (Å²) in [5, 5.41) is 6.56. The number of amides is 1. The van der Waals surface area contributed by atoms with E-state index in [4.69, 9.17) is 9.47 Å². The molecule has 21 heavy (non-hydrogen) atoms. The second kappa shape index (κ2) is 6.08. The summed E-state index contributed by atoms with van der Waals surface area (Å²) in [7, 11) is 4.53. The first-order valence-electron chi connectivity index (χ1n) is 6.12. The van der Waals surface area contributed by atoms with Crippen molar-refractivity contribution in [1.82, 2.24) is 9.78 Å². The van der Waals surface area contributed by atoms with Gasteiger partial charge in [0, 0.05) is 37.0 Å². The highest BCUT2D eigenvalue weighted by atomic mass is 16.5. The molecule has 2 aromatic rings. The van der Waals surface area contributed by atoms with Gasteiger partial charge < -0.3 is 14.8 Å². The third-order valence-corrected chi connectivity index (χ3v) is 2.80. The van der Waals surface area contributed by atoms with Crippen molar-refractivity contribution in [3.05, 3.63) is 46.4 Å². The molecule has 0 saturated carbocycles. The van der Waals surface area contributed by atoms with Crippen molar-refractivity contribution in [2.45, 2.75) is 0 Å². The normalized spacial score (nSPS) is 10.0. The first-order chi connectivity index (χ1) is 10.0. The molecule has 0 aliphatic carbocycles. The Bertz CT molecular complexity index is 702. The minimum Gasteiger partial charge on any atom is -0.497 e. The van der Waals surface area contributed by atoms with E-state index in [1.165, 1.54) is 33.4 Å². The summed E-state index contributed by atoms with van der Waals surface area (Å²) in [6.45, 7) is 0. The van der Waals surface area contributed by atoms with Crippen molar-refractivity contribution in [1.29, 1.82) is 0 Å². The fourth-order valence-electron chi connectivity index (χ4n) is 1.70. The largest absolute Gasteiger partial charge is 0.497 e. The van der Waals surface area contributed by atoms with E-state index in [1.807, 2.05) is 0 Å². The number of nitrogens with zero attached hydrogens (tertiary/aromatic N) is 2. The number of ether oxygens (including phenoxy) is 2. The highest BCUT2D eigenvalue weighted by Crippen LogP contribution is 2.25. The molecule has 0 bridgehead atoms. The molecule has 0 aliphatic heterocycles.